The van der Waals surface area contributed by atoms with Crippen LogP contribution in [0.15, 0.2) is 95.9 Å². The Bertz CT molecular complexity index is 1310. The number of hydrogen-bond donors (Lipinski definition) is 1. The molecule has 7 heteroatoms. The second-order valence-electron chi connectivity index (χ2n) is 7.20. The van der Waals surface area contributed by atoms with Gasteiger partial charge in [0, 0.05) is 24.5 Å². The molecule has 0 unspecified atom stereocenters. The van der Waals surface area contributed by atoms with Gasteiger partial charge in [-0.15, -0.1) is 11.3 Å². The Hall–Kier alpha value is -3.97. The normalized spacial score (nSPS) is 10.9. The van der Waals surface area contributed by atoms with Gasteiger partial charge in [-0.1, -0.05) is 54.6 Å². The minimum atomic E-state index is -0.159. The van der Waals surface area contributed by atoms with E-state index in [2.05, 4.69) is 16.5 Å². The van der Waals surface area contributed by atoms with Crippen LogP contribution >= 0.6 is 11.3 Å². The summed E-state index contributed by atoms with van der Waals surface area (Å²) >= 11 is 1.33. The van der Waals surface area contributed by atoms with Gasteiger partial charge in [0.2, 0.25) is 0 Å². The zero-order chi connectivity index (χ0) is 21.8. The van der Waals surface area contributed by atoms with Gasteiger partial charge in [0.25, 0.3) is 5.91 Å². The lowest BCUT2D eigenvalue weighted by Gasteiger charge is -2.11. The van der Waals surface area contributed by atoms with Crippen molar-refractivity contribution < 1.29 is 9.21 Å². The molecule has 0 aliphatic heterocycles. The minimum Gasteiger partial charge on any atom is -0.462 e. The molecule has 1 N–H and O–H groups in total. The van der Waals surface area contributed by atoms with Gasteiger partial charge in [-0.3, -0.25) is 9.48 Å². The average Bonchev–Trinajstić information content (AvgIpc) is 3.60. The Morgan fingerprint density at radius 1 is 0.969 bits per heavy atom. The zero-order valence-corrected chi connectivity index (χ0v) is 18.0. The molecule has 0 saturated carbocycles. The van der Waals surface area contributed by atoms with Crippen LogP contribution in [-0.2, 0) is 13.1 Å². The van der Waals surface area contributed by atoms with E-state index in [1.165, 1.54) is 11.3 Å². The number of furan rings is 1. The summed E-state index contributed by atoms with van der Waals surface area (Å²) in [5, 5.41) is 8.04. The van der Waals surface area contributed by atoms with Crippen LogP contribution in [0.5, 0.6) is 0 Å². The van der Waals surface area contributed by atoms with Crippen molar-refractivity contribution in [3.05, 3.63) is 107 Å². The second kappa shape index (κ2) is 9.03. The molecular weight excluding hydrogens is 420 g/mol. The number of nitrogens with one attached hydrogen (secondary N) is 1. The third kappa shape index (κ3) is 4.24. The maximum atomic E-state index is 13.2. The first-order valence-electron chi connectivity index (χ1n) is 10.2. The number of aromatic nitrogens is 3. The fourth-order valence-corrected chi connectivity index (χ4v) is 4.45. The standard InChI is InChI=1S/C25H20N4O2S/c30-24(26-16-19-10-4-5-11-20(19)17-29-14-7-13-27-29)23-22(18-8-2-1-3-9-18)28-25(32-23)21-12-6-15-31-21/h1-15H,16-17H2,(H,26,30). The van der Waals surface area contributed by atoms with Gasteiger partial charge >= 0.3 is 0 Å². The molecule has 5 rings (SSSR count). The topological polar surface area (TPSA) is 73.0 Å². The maximum Gasteiger partial charge on any atom is 0.263 e. The van der Waals surface area contributed by atoms with E-state index >= 15 is 0 Å². The summed E-state index contributed by atoms with van der Waals surface area (Å²) in [7, 11) is 0. The van der Waals surface area contributed by atoms with Gasteiger partial charge in [0.1, 0.15) is 4.88 Å². The number of hydrogen-bond acceptors (Lipinski definition) is 5. The molecule has 2 aromatic carbocycles. The van der Waals surface area contributed by atoms with Crippen LogP contribution in [-0.4, -0.2) is 20.7 Å². The van der Waals surface area contributed by atoms with Gasteiger partial charge in [0.15, 0.2) is 10.8 Å². The summed E-state index contributed by atoms with van der Waals surface area (Å²) in [4.78, 5) is 18.5. The molecule has 3 heterocycles. The number of nitrogens with zero attached hydrogens (tertiary/aromatic N) is 3. The smallest absolute Gasteiger partial charge is 0.263 e. The third-order valence-electron chi connectivity index (χ3n) is 5.06. The number of thiazole rings is 1. The fraction of sp³-hybridized carbons (Fsp3) is 0.0800. The van der Waals surface area contributed by atoms with E-state index in [-0.39, 0.29) is 5.91 Å². The number of rotatable bonds is 7. The van der Waals surface area contributed by atoms with Gasteiger partial charge in [-0.05, 0) is 29.3 Å². The Morgan fingerprint density at radius 2 is 1.78 bits per heavy atom. The summed E-state index contributed by atoms with van der Waals surface area (Å²) < 4.78 is 7.37. The van der Waals surface area contributed by atoms with E-state index in [9.17, 15) is 4.79 Å². The quantitative estimate of drug-likeness (QED) is 0.375. The SMILES string of the molecule is O=C(NCc1ccccc1Cn1cccn1)c1sc(-c2ccco2)nc1-c1ccccc1. The number of benzene rings is 2. The fourth-order valence-electron chi connectivity index (χ4n) is 3.48. The number of carbonyl (C=O) groups is 1. The Labute approximate surface area is 189 Å². The lowest BCUT2D eigenvalue weighted by atomic mass is 10.1. The van der Waals surface area contributed by atoms with Gasteiger partial charge in [-0.2, -0.15) is 5.10 Å². The highest BCUT2D eigenvalue weighted by Crippen LogP contribution is 2.34. The van der Waals surface area contributed by atoms with Crippen LogP contribution in [0, 0.1) is 0 Å². The highest BCUT2D eigenvalue weighted by molar-refractivity contribution is 7.17. The Balaban J connectivity index is 1.40. The molecule has 5 aromatic rings. The van der Waals surface area contributed by atoms with E-state index in [4.69, 9.17) is 9.40 Å². The third-order valence-corrected chi connectivity index (χ3v) is 6.13. The molecule has 0 saturated heterocycles. The van der Waals surface area contributed by atoms with E-state index < -0.39 is 0 Å². The zero-order valence-electron chi connectivity index (χ0n) is 17.1. The van der Waals surface area contributed by atoms with Crippen LogP contribution in [0.2, 0.25) is 0 Å². The van der Waals surface area contributed by atoms with Crippen LogP contribution in [0.3, 0.4) is 0 Å². The van der Waals surface area contributed by atoms with Crippen LogP contribution in [0.1, 0.15) is 20.8 Å². The van der Waals surface area contributed by atoms with Crippen molar-refractivity contribution in [1.82, 2.24) is 20.1 Å². The summed E-state index contributed by atoms with van der Waals surface area (Å²) in [5.41, 5.74) is 3.71. The highest BCUT2D eigenvalue weighted by atomic mass is 32.1. The van der Waals surface area contributed by atoms with Crippen molar-refractivity contribution in [2.75, 3.05) is 0 Å². The molecule has 0 bridgehead atoms. The molecule has 0 aliphatic rings. The van der Waals surface area contributed by atoms with Crippen molar-refractivity contribution in [3.8, 4) is 22.0 Å². The number of amides is 1. The molecule has 0 aliphatic carbocycles. The monoisotopic (exact) mass is 440 g/mol. The van der Waals surface area contributed by atoms with Crippen molar-refractivity contribution >= 4 is 17.2 Å². The highest BCUT2D eigenvalue weighted by Gasteiger charge is 2.21. The van der Waals surface area contributed by atoms with Crippen molar-refractivity contribution in [2.45, 2.75) is 13.1 Å². The van der Waals surface area contributed by atoms with Crippen LogP contribution < -0.4 is 5.32 Å². The van der Waals surface area contributed by atoms with Crippen molar-refractivity contribution in [3.63, 3.8) is 0 Å². The Kier molecular flexibility index (Phi) is 5.63. The van der Waals surface area contributed by atoms with Crippen molar-refractivity contribution in [1.29, 1.82) is 0 Å². The molecule has 0 fully saturated rings. The van der Waals surface area contributed by atoms with E-state index in [1.54, 1.807) is 12.5 Å². The predicted molar refractivity (Wildman–Crippen MR) is 124 cm³/mol. The lowest BCUT2D eigenvalue weighted by molar-refractivity contribution is 0.0955. The average molecular weight is 441 g/mol. The molecular formula is C25H20N4O2S. The van der Waals surface area contributed by atoms with E-state index in [0.29, 0.717) is 34.4 Å². The van der Waals surface area contributed by atoms with E-state index in [1.807, 2.05) is 77.6 Å². The lowest BCUT2D eigenvalue weighted by Crippen LogP contribution is -2.23. The summed E-state index contributed by atoms with van der Waals surface area (Å²) in [6.45, 7) is 1.07. The largest absolute Gasteiger partial charge is 0.462 e. The molecule has 0 spiro atoms. The Morgan fingerprint density at radius 3 is 2.53 bits per heavy atom. The molecule has 6 nitrogen and oxygen atoms in total. The molecule has 3 aromatic heterocycles. The van der Waals surface area contributed by atoms with Crippen LogP contribution in [0.25, 0.3) is 22.0 Å². The predicted octanol–water partition coefficient (Wildman–Crippen LogP) is 5.24. The van der Waals surface area contributed by atoms with E-state index in [0.717, 1.165) is 16.7 Å². The van der Waals surface area contributed by atoms with Gasteiger partial charge in [0.05, 0.1) is 18.5 Å². The molecule has 32 heavy (non-hydrogen) atoms. The first-order valence-corrected chi connectivity index (χ1v) is 11.0. The second-order valence-corrected chi connectivity index (χ2v) is 8.19. The molecule has 0 atom stereocenters. The molecule has 0 radical (unpaired) electrons. The maximum absolute atomic E-state index is 13.2. The number of carbonyl (C=O) groups excluding carboxylic acids is 1. The summed E-state index contributed by atoms with van der Waals surface area (Å²) in [6.07, 6.45) is 5.29. The summed E-state index contributed by atoms with van der Waals surface area (Å²) in [5.74, 6) is 0.490. The van der Waals surface area contributed by atoms with Gasteiger partial charge < -0.3 is 9.73 Å². The molecule has 1 amide bonds. The first-order chi connectivity index (χ1) is 15.8. The first kappa shape index (κ1) is 20.0. The van der Waals surface area contributed by atoms with Gasteiger partial charge in [-0.25, -0.2) is 4.98 Å². The van der Waals surface area contributed by atoms with Crippen molar-refractivity contribution in [2.24, 2.45) is 0 Å². The minimum absolute atomic E-state index is 0.159. The molecule has 158 valence electrons. The summed E-state index contributed by atoms with van der Waals surface area (Å²) in [6, 6.07) is 23.4. The van der Waals surface area contributed by atoms with Crippen LogP contribution in [0.4, 0.5) is 0 Å².